The van der Waals surface area contributed by atoms with Gasteiger partial charge < -0.3 is 10.5 Å². The van der Waals surface area contributed by atoms with Gasteiger partial charge in [-0.2, -0.15) is 0 Å². The second kappa shape index (κ2) is 4.60. The molecule has 1 aliphatic rings. The molecule has 0 amide bonds. The van der Waals surface area contributed by atoms with E-state index < -0.39 is 0 Å². The minimum absolute atomic E-state index is 0.145. The van der Waals surface area contributed by atoms with E-state index >= 15 is 0 Å². The molecule has 14 heavy (non-hydrogen) atoms. The number of hydrogen-bond donors (Lipinski definition) is 1. The standard InChI is InChI=1S/C11H24N2O/c1-5-11(4,8-12)13-6-9(2)14-10(3)7-13/h9-10H,5-8,12H2,1-4H3/t9-,10+,11?. The second-order valence-electron chi connectivity index (χ2n) is 4.72. The number of nitrogens with zero attached hydrogens (tertiary/aromatic N) is 1. The fourth-order valence-corrected chi connectivity index (χ4v) is 2.12. The van der Waals surface area contributed by atoms with Crippen LogP contribution in [0.5, 0.6) is 0 Å². The zero-order chi connectivity index (χ0) is 10.8. The molecule has 3 heteroatoms. The summed E-state index contributed by atoms with van der Waals surface area (Å²) in [7, 11) is 0. The van der Waals surface area contributed by atoms with Crippen molar-refractivity contribution in [1.29, 1.82) is 0 Å². The van der Waals surface area contributed by atoms with Crippen molar-refractivity contribution < 1.29 is 4.74 Å². The maximum atomic E-state index is 5.86. The maximum absolute atomic E-state index is 5.86. The van der Waals surface area contributed by atoms with E-state index in [2.05, 4.69) is 32.6 Å². The van der Waals surface area contributed by atoms with Crippen molar-refractivity contribution in [2.45, 2.75) is 51.9 Å². The van der Waals surface area contributed by atoms with E-state index in [4.69, 9.17) is 10.5 Å². The lowest BCUT2D eigenvalue weighted by molar-refractivity contribution is -0.0979. The topological polar surface area (TPSA) is 38.5 Å². The Morgan fingerprint density at radius 2 is 1.86 bits per heavy atom. The van der Waals surface area contributed by atoms with Crippen LogP contribution < -0.4 is 5.73 Å². The average Bonchev–Trinajstić information content (AvgIpc) is 2.15. The van der Waals surface area contributed by atoms with E-state index in [9.17, 15) is 0 Å². The normalized spacial score (nSPS) is 34.1. The summed E-state index contributed by atoms with van der Waals surface area (Å²) in [5.41, 5.74) is 6.00. The first-order valence-electron chi connectivity index (χ1n) is 5.62. The van der Waals surface area contributed by atoms with E-state index in [1.54, 1.807) is 0 Å². The van der Waals surface area contributed by atoms with Crippen molar-refractivity contribution in [2.75, 3.05) is 19.6 Å². The minimum atomic E-state index is 0.145. The number of nitrogens with two attached hydrogens (primary N) is 1. The van der Waals surface area contributed by atoms with Crippen molar-refractivity contribution in [2.24, 2.45) is 5.73 Å². The Morgan fingerprint density at radius 3 is 2.21 bits per heavy atom. The van der Waals surface area contributed by atoms with Gasteiger partial charge in [-0.25, -0.2) is 0 Å². The van der Waals surface area contributed by atoms with Crippen LogP contribution in [0.15, 0.2) is 0 Å². The smallest absolute Gasteiger partial charge is 0.0678 e. The molecule has 0 saturated carbocycles. The quantitative estimate of drug-likeness (QED) is 0.744. The van der Waals surface area contributed by atoms with Gasteiger partial charge in [0.15, 0.2) is 0 Å². The Hall–Kier alpha value is -0.120. The van der Waals surface area contributed by atoms with E-state index in [1.165, 1.54) is 0 Å². The largest absolute Gasteiger partial charge is 0.373 e. The molecule has 1 fully saturated rings. The lowest BCUT2D eigenvalue weighted by Gasteiger charge is -2.46. The highest BCUT2D eigenvalue weighted by molar-refractivity contribution is 4.90. The highest BCUT2D eigenvalue weighted by Crippen LogP contribution is 2.23. The molecule has 84 valence electrons. The molecule has 3 atom stereocenters. The van der Waals surface area contributed by atoms with E-state index in [-0.39, 0.29) is 5.54 Å². The second-order valence-corrected chi connectivity index (χ2v) is 4.72. The molecule has 1 rings (SSSR count). The first kappa shape index (κ1) is 12.0. The van der Waals surface area contributed by atoms with Gasteiger partial charge in [-0.15, -0.1) is 0 Å². The summed E-state index contributed by atoms with van der Waals surface area (Å²) in [5, 5.41) is 0. The van der Waals surface area contributed by atoms with Gasteiger partial charge >= 0.3 is 0 Å². The first-order chi connectivity index (χ1) is 6.51. The van der Waals surface area contributed by atoms with Gasteiger partial charge in [0.2, 0.25) is 0 Å². The Morgan fingerprint density at radius 1 is 1.36 bits per heavy atom. The van der Waals surface area contributed by atoms with Crippen molar-refractivity contribution in [3.05, 3.63) is 0 Å². The SMILES string of the molecule is CCC(C)(CN)N1C[C@@H](C)O[C@@H](C)C1. The van der Waals surface area contributed by atoms with Gasteiger partial charge in [0.25, 0.3) is 0 Å². The highest BCUT2D eigenvalue weighted by atomic mass is 16.5. The molecule has 0 aromatic heterocycles. The molecule has 0 radical (unpaired) electrons. The summed E-state index contributed by atoms with van der Waals surface area (Å²) in [6, 6.07) is 0. The van der Waals surface area contributed by atoms with Crippen LogP contribution in [-0.4, -0.2) is 42.3 Å². The predicted octanol–water partition coefficient (Wildman–Crippen LogP) is 1.22. The summed E-state index contributed by atoms with van der Waals surface area (Å²) in [5.74, 6) is 0. The molecule has 0 aromatic carbocycles. The van der Waals surface area contributed by atoms with Gasteiger partial charge in [0.1, 0.15) is 0 Å². The molecule has 1 aliphatic heterocycles. The molecule has 0 spiro atoms. The number of ether oxygens (including phenoxy) is 1. The van der Waals surface area contributed by atoms with Gasteiger partial charge in [0, 0.05) is 25.2 Å². The van der Waals surface area contributed by atoms with Crippen LogP contribution in [0.4, 0.5) is 0 Å². The summed E-state index contributed by atoms with van der Waals surface area (Å²) in [6.45, 7) is 11.5. The van der Waals surface area contributed by atoms with Gasteiger partial charge in [-0.05, 0) is 27.2 Å². The van der Waals surface area contributed by atoms with Crippen LogP contribution in [0.2, 0.25) is 0 Å². The van der Waals surface area contributed by atoms with Gasteiger partial charge in [-0.1, -0.05) is 6.92 Å². The first-order valence-corrected chi connectivity index (χ1v) is 5.62. The van der Waals surface area contributed by atoms with Gasteiger partial charge in [0.05, 0.1) is 12.2 Å². The molecular formula is C11H24N2O. The number of rotatable bonds is 3. The molecular weight excluding hydrogens is 176 g/mol. The fourth-order valence-electron chi connectivity index (χ4n) is 2.12. The molecule has 2 N–H and O–H groups in total. The molecule has 0 aliphatic carbocycles. The molecule has 1 saturated heterocycles. The third-order valence-electron chi connectivity index (χ3n) is 3.38. The molecule has 0 aromatic rings. The van der Waals surface area contributed by atoms with Crippen molar-refractivity contribution in [3.63, 3.8) is 0 Å². The van der Waals surface area contributed by atoms with Crippen molar-refractivity contribution in [3.8, 4) is 0 Å². The maximum Gasteiger partial charge on any atom is 0.0678 e. The number of hydrogen-bond acceptors (Lipinski definition) is 3. The average molecular weight is 200 g/mol. The zero-order valence-corrected chi connectivity index (χ0v) is 9.92. The molecule has 3 nitrogen and oxygen atoms in total. The monoisotopic (exact) mass is 200 g/mol. The summed E-state index contributed by atoms with van der Waals surface area (Å²) in [6.07, 6.45) is 1.76. The third-order valence-corrected chi connectivity index (χ3v) is 3.38. The third kappa shape index (κ3) is 2.47. The Kier molecular flexibility index (Phi) is 3.93. The molecule has 1 unspecified atom stereocenters. The predicted molar refractivity (Wildman–Crippen MR) is 59.3 cm³/mol. The zero-order valence-electron chi connectivity index (χ0n) is 9.92. The fraction of sp³-hybridized carbons (Fsp3) is 1.00. The lowest BCUT2D eigenvalue weighted by Crippen LogP contribution is -2.58. The Bertz CT molecular complexity index is 170. The van der Waals surface area contributed by atoms with E-state index in [1.807, 2.05) is 0 Å². The van der Waals surface area contributed by atoms with Crippen LogP contribution in [0.1, 0.15) is 34.1 Å². The van der Waals surface area contributed by atoms with Crippen molar-refractivity contribution >= 4 is 0 Å². The summed E-state index contributed by atoms with van der Waals surface area (Å²) < 4.78 is 5.72. The minimum Gasteiger partial charge on any atom is -0.373 e. The van der Waals surface area contributed by atoms with E-state index in [0.717, 1.165) is 26.1 Å². The molecule has 1 heterocycles. The summed E-state index contributed by atoms with van der Waals surface area (Å²) in [4.78, 5) is 2.48. The molecule has 0 bridgehead atoms. The van der Waals surface area contributed by atoms with Crippen LogP contribution in [-0.2, 0) is 4.74 Å². The van der Waals surface area contributed by atoms with Crippen LogP contribution in [0, 0.1) is 0 Å². The lowest BCUT2D eigenvalue weighted by atomic mass is 9.95. The highest BCUT2D eigenvalue weighted by Gasteiger charge is 2.34. The number of morpholine rings is 1. The van der Waals surface area contributed by atoms with Crippen LogP contribution in [0.3, 0.4) is 0 Å². The summed E-state index contributed by atoms with van der Waals surface area (Å²) >= 11 is 0. The van der Waals surface area contributed by atoms with Gasteiger partial charge in [-0.3, -0.25) is 4.90 Å². The Labute approximate surface area is 87.6 Å². The van der Waals surface area contributed by atoms with Crippen molar-refractivity contribution in [1.82, 2.24) is 4.90 Å². The van der Waals surface area contributed by atoms with E-state index in [0.29, 0.717) is 12.2 Å². The van der Waals surface area contributed by atoms with Crippen LogP contribution in [0.25, 0.3) is 0 Å². The van der Waals surface area contributed by atoms with Crippen LogP contribution >= 0.6 is 0 Å². The Balaban J connectivity index is 2.66.